The first-order chi connectivity index (χ1) is 11.4. The van der Waals surface area contributed by atoms with Crippen molar-refractivity contribution < 1.29 is 4.74 Å². The number of ether oxygens (including phenoxy) is 1. The fraction of sp³-hybridized carbons (Fsp3) is 0.684. The van der Waals surface area contributed by atoms with Crippen molar-refractivity contribution in [3.8, 4) is 0 Å². The van der Waals surface area contributed by atoms with E-state index >= 15 is 0 Å². The smallest absolute Gasteiger partial charge is 0.0594 e. The minimum atomic E-state index is 0.751. The molecule has 4 heteroatoms. The lowest BCUT2D eigenvalue weighted by molar-refractivity contribution is 0.0301. The molecule has 2 heterocycles. The lowest BCUT2D eigenvalue weighted by Gasteiger charge is -2.37. The fourth-order valence-corrected chi connectivity index (χ4v) is 4.41. The van der Waals surface area contributed by atoms with Gasteiger partial charge in [-0.15, -0.1) is 11.8 Å². The Hall–Kier alpha value is -0.550. The van der Waals surface area contributed by atoms with Gasteiger partial charge in [0.15, 0.2) is 0 Å². The molecule has 2 fully saturated rings. The lowest BCUT2D eigenvalue weighted by Crippen LogP contribution is -2.43. The van der Waals surface area contributed by atoms with Gasteiger partial charge in [-0.05, 0) is 50.2 Å². The van der Waals surface area contributed by atoms with Crippen molar-refractivity contribution in [1.29, 1.82) is 0 Å². The van der Waals surface area contributed by atoms with Crippen molar-refractivity contribution in [1.82, 2.24) is 9.80 Å². The molecular formula is C19H30N2OS. The summed E-state index contributed by atoms with van der Waals surface area (Å²) < 4.78 is 5.46. The van der Waals surface area contributed by atoms with E-state index in [2.05, 4.69) is 40.3 Å². The normalized spacial score (nSPS) is 24.0. The molecule has 1 aromatic carbocycles. The first kappa shape index (κ1) is 17.3. The third kappa shape index (κ3) is 4.96. The largest absolute Gasteiger partial charge is 0.379 e. The van der Waals surface area contributed by atoms with Crippen LogP contribution in [0.5, 0.6) is 0 Å². The summed E-state index contributed by atoms with van der Waals surface area (Å²) in [7, 11) is 0. The molecule has 2 saturated heterocycles. The second-order valence-electron chi connectivity index (χ2n) is 6.67. The van der Waals surface area contributed by atoms with Crippen molar-refractivity contribution in [3.63, 3.8) is 0 Å². The van der Waals surface area contributed by atoms with Crippen LogP contribution in [0, 0.1) is 0 Å². The first-order valence-electron chi connectivity index (χ1n) is 9.03. The van der Waals surface area contributed by atoms with Gasteiger partial charge in [0.25, 0.3) is 0 Å². The highest BCUT2D eigenvalue weighted by molar-refractivity contribution is 7.98. The Balaban J connectivity index is 1.57. The molecule has 0 spiro atoms. The average molecular weight is 335 g/mol. The Morgan fingerprint density at radius 3 is 2.78 bits per heavy atom. The predicted molar refractivity (Wildman–Crippen MR) is 98.1 cm³/mol. The number of morpholine rings is 1. The Kier molecular flexibility index (Phi) is 6.81. The molecule has 0 aliphatic carbocycles. The van der Waals surface area contributed by atoms with Crippen LogP contribution in [-0.2, 0) is 11.3 Å². The third-order valence-corrected chi connectivity index (χ3v) is 6.04. The molecule has 2 aliphatic rings. The molecule has 128 valence electrons. The van der Waals surface area contributed by atoms with E-state index in [1.165, 1.54) is 49.2 Å². The Bertz CT molecular complexity index is 476. The van der Waals surface area contributed by atoms with Gasteiger partial charge in [0.2, 0.25) is 0 Å². The van der Waals surface area contributed by atoms with Crippen molar-refractivity contribution in [2.24, 2.45) is 0 Å². The number of likely N-dealkylation sites (tertiary alicyclic amines) is 1. The highest BCUT2D eigenvalue weighted by Crippen LogP contribution is 2.26. The second-order valence-corrected chi connectivity index (χ2v) is 7.52. The van der Waals surface area contributed by atoms with E-state index in [0.717, 1.165) is 38.9 Å². The van der Waals surface area contributed by atoms with Gasteiger partial charge in [-0.3, -0.25) is 9.80 Å². The van der Waals surface area contributed by atoms with Gasteiger partial charge in [0.05, 0.1) is 13.2 Å². The van der Waals surface area contributed by atoms with E-state index in [0.29, 0.717) is 0 Å². The van der Waals surface area contributed by atoms with Gasteiger partial charge in [-0.1, -0.05) is 24.6 Å². The highest BCUT2D eigenvalue weighted by atomic mass is 32.2. The zero-order chi connectivity index (χ0) is 15.9. The summed E-state index contributed by atoms with van der Waals surface area (Å²) in [5.74, 6) is 0. The van der Waals surface area contributed by atoms with Gasteiger partial charge in [0.1, 0.15) is 0 Å². The minimum Gasteiger partial charge on any atom is -0.379 e. The van der Waals surface area contributed by atoms with E-state index in [9.17, 15) is 0 Å². The van der Waals surface area contributed by atoms with Crippen molar-refractivity contribution in [2.75, 3.05) is 45.6 Å². The zero-order valence-electron chi connectivity index (χ0n) is 14.4. The van der Waals surface area contributed by atoms with Crippen LogP contribution in [0.1, 0.15) is 31.2 Å². The molecular weight excluding hydrogens is 304 g/mol. The molecule has 0 saturated carbocycles. The standard InChI is InChI=1S/C19H30N2OS/c1-23-19-8-3-2-6-17(19)16-21-10-5-4-7-18(21)9-11-20-12-14-22-15-13-20/h2-3,6,8,18H,4-5,7,9-16H2,1H3/t18-/m0/s1. The minimum absolute atomic E-state index is 0.751. The maximum absolute atomic E-state index is 5.46. The molecule has 3 rings (SSSR count). The molecule has 0 radical (unpaired) electrons. The summed E-state index contributed by atoms with van der Waals surface area (Å²) in [6.07, 6.45) is 7.61. The highest BCUT2D eigenvalue weighted by Gasteiger charge is 2.24. The van der Waals surface area contributed by atoms with Crippen LogP contribution in [0.25, 0.3) is 0 Å². The van der Waals surface area contributed by atoms with E-state index in [-0.39, 0.29) is 0 Å². The maximum Gasteiger partial charge on any atom is 0.0594 e. The molecule has 23 heavy (non-hydrogen) atoms. The van der Waals surface area contributed by atoms with Crippen LogP contribution in [0.3, 0.4) is 0 Å². The van der Waals surface area contributed by atoms with Crippen molar-refractivity contribution in [3.05, 3.63) is 29.8 Å². The number of thioether (sulfide) groups is 1. The molecule has 0 bridgehead atoms. The quantitative estimate of drug-likeness (QED) is 0.740. The Labute approximate surface area is 145 Å². The summed E-state index contributed by atoms with van der Waals surface area (Å²) >= 11 is 1.87. The Morgan fingerprint density at radius 1 is 1.13 bits per heavy atom. The molecule has 0 N–H and O–H groups in total. The molecule has 1 atom stereocenters. The van der Waals surface area contributed by atoms with Gasteiger partial charge in [-0.25, -0.2) is 0 Å². The van der Waals surface area contributed by atoms with E-state index in [4.69, 9.17) is 4.74 Å². The summed E-state index contributed by atoms with van der Waals surface area (Å²) in [6.45, 7) is 7.66. The van der Waals surface area contributed by atoms with Crippen molar-refractivity contribution in [2.45, 2.75) is 43.2 Å². The summed E-state index contributed by atoms with van der Waals surface area (Å²) in [5.41, 5.74) is 1.50. The third-order valence-electron chi connectivity index (χ3n) is 5.20. The van der Waals surface area contributed by atoms with Gasteiger partial charge >= 0.3 is 0 Å². The van der Waals surface area contributed by atoms with Gasteiger partial charge in [-0.2, -0.15) is 0 Å². The number of benzene rings is 1. The van der Waals surface area contributed by atoms with E-state index in [1.807, 2.05) is 11.8 Å². The zero-order valence-corrected chi connectivity index (χ0v) is 15.2. The average Bonchev–Trinajstić information content (AvgIpc) is 2.62. The van der Waals surface area contributed by atoms with E-state index in [1.54, 1.807) is 0 Å². The summed E-state index contributed by atoms with van der Waals surface area (Å²) in [5, 5.41) is 0. The molecule has 0 amide bonds. The molecule has 0 unspecified atom stereocenters. The maximum atomic E-state index is 5.46. The summed E-state index contributed by atoms with van der Waals surface area (Å²) in [4.78, 5) is 6.75. The SMILES string of the molecule is CSc1ccccc1CN1CCCC[C@H]1CCN1CCOCC1. The summed E-state index contributed by atoms with van der Waals surface area (Å²) in [6, 6.07) is 9.65. The van der Waals surface area contributed by atoms with Crippen LogP contribution in [-0.4, -0.2) is 61.5 Å². The monoisotopic (exact) mass is 334 g/mol. The molecule has 0 aromatic heterocycles. The van der Waals surface area contributed by atoms with Crippen molar-refractivity contribution >= 4 is 11.8 Å². The predicted octanol–water partition coefficient (Wildman–Crippen LogP) is 3.49. The number of piperidine rings is 1. The van der Waals surface area contributed by atoms with Crippen LogP contribution in [0.4, 0.5) is 0 Å². The molecule has 3 nitrogen and oxygen atoms in total. The van der Waals surface area contributed by atoms with Crippen LogP contribution >= 0.6 is 11.8 Å². The topological polar surface area (TPSA) is 15.7 Å². The van der Waals surface area contributed by atoms with Gasteiger partial charge < -0.3 is 4.74 Å². The number of rotatable bonds is 6. The second kappa shape index (κ2) is 9.07. The number of nitrogens with zero attached hydrogens (tertiary/aromatic N) is 2. The Morgan fingerprint density at radius 2 is 1.96 bits per heavy atom. The molecule has 1 aromatic rings. The van der Waals surface area contributed by atoms with Crippen LogP contribution in [0.15, 0.2) is 29.2 Å². The van der Waals surface area contributed by atoms with Crippen LogP contribution < -0.4 is 0 Å². The number of hydrogen-bond acceptors (Lipinski definition) is 4. The number of hydrogen-bond donors (Lipinski definition) is 0. The first-order valence-corrected chi connectivity index (χ1v) is 10.3. The van der Waals surface area contributed by atoms with Gasteiger partial charge in [0, 0.05) is 30.6 Å². The lowest BCUT2D eigenvalue weighted by atomic mass is 9.98. The van der Waals surface area contributed by atoms with Crippen LogP contribution in [0.2, 0.25) is 0 Å². The fourth-order valence-electron chi connectivity index (χ4n) is 3.80. The molecule has 2 aliphatic heterocycles. The van der Waals surface area contributed by atoms with E-state index < -0.39 is 0 Å².